The summed E-state index contributed by atoms with van der Waals surface area (Å²) < 4.78 is 0. The molecule has 0 radical (unpaired) electrons. The number of aliphatic hydroxyl groups excluding tert-OH is 1. The molecular weight excluding hydrogens is 188 g/mol. The topological polar surface area (TPSA) is 37.3 Å². The Balaban J connectivity index is 2.50. The number of carbonyl (C=O) groups excluding carboxylic acids is 1. The van der Waals surface area contributed by atoms with E-state index in [-0.39, 0.29) is 11.5 Å². The Morgan fingerprint density at radius 1 is 1.33 bits per heavy atom. The molecule has 1 aromatic rings. The summed E-state index contributed by atoms with van der Waals surface area (Å²) in [4.78, 5) is 10.6. The predicted octanol–water partition coefficient (Wildman–Crippen LogP) is 2.82. The first-order valence-corrected chi connectivity index (χ1v) is 4.80. The first-order chi connectivity index (χ1) is 7.18. The molecule has 0 spiro atoms. The molecule has 0 amide bonds. The van der Waals surface area contributed by atoms with E-state index in [9.17, 15) is 9.90 Å². The molecule has 0 unspecified atom stereocenters. The van der Waals surface area contributed by atoms with Crippen LogP contribution in [0.5, 0.6) is 0 Å². The highest BCUT2D eigenvalue weighted by molar-refractivity contribution is 5.87. The zero-order valence-electron chi connectivity index (χ0n) is 8.68. The largest absolute Gasteiger partial charge is 0.508 e. The Hall–Kier alpha value is -1.83. The van der Waals surface area contributed by atoms with Gasteiger partial charge in [-0.15, -0.1) is 0 Å². The number of aliphatic hydroxyl groups is 1. The maximum Gasteiger partial charge on any atom is 0.156 e. The van der Waals surface area contributed by atoms with E-state index in [4.69, 9.17) is 0 Å². The Morgan fingerprint density at radius 3 is 2.60 bits per heavy atom. The fraction of sp³-hybridized carbons (Fsp3) is 0.154. The van der Waals surface area contributed by atoms with Gasteiger partial charge in [-0.2, -0.15) is 0 Å². The van der Waals surface area contributed by atoms with Crippen LogP contribution < -0.4 is 0 Å². The molecule has 2 nitrogen and oxygen atoms in total. The van der Waals surface area contributed by atoms with Gasteiger partial charge in [0, 0.05) is 6.08 Å². The Kier molecular flexibility index (Phi) is 4.35. The van der Waals surface area contributed by atoms with Gasteiger partial charge in [0.05, 0.1) is 0 Å². The molecule has 1 N–H and O–H groups in total. The minimum absolute atomic E-state index is 0.00145. The maximum absolute atomic E-state index is 10.6. The summed E-state index contributed by atoms with van der Waals surface area (Å²) in [5.41, 5.74) is 1.17. The third kappa shape index (κ3) is 4.81. The summed E-state index contributed by atoms with van der Waals surface area (Å²) in [6, 6.07) is 9.91. The first-order valence-electron chi connectivity index (χ1n) is 4.80. The number of rotatable bonds is 4. The van der Waals surface area contributed by atoms with Crippen molar-refractivity contribution in [2.45, 2.75) is 13.3 Å². The highest BCUT2D eigenvalue weighted by atomic mass is 16.3. The minimum Gasteiger partial charge on any atom is -0.508 e. The first kappa shape index (κ1) is 11.2. The normalized spacial score (nSPS) is 11.9. The van der Waals surface area contributed by atoms with Crippen LogP contribution in [0.4, 0.5) is 0 Å². The van der Waals surface area contributed by atoms with Crippen molar-refractivity contribution in [1.82, 2.24) is 0 Å². The second-order valence-corrected chi connectivity index (χ2v) is 3.27. The van der Waals surface area contributed by atoms with Crippen molar-refractivity contribution in [3.05, 3.63) is 59.9 Å². The molecule has 0 saturated heterocycles. The van der Waals surface area contributed by atoms with Crippen molar-refractivity contribution in [3.8, 4) is 0 Å². The summed E-state index contributed by atoms with van der Waals surface area (Å²) in [6.45, 7) is 1.40. The van der Waals surface area contributed by atoms with E-state index in [1.807, 2.05) is 36.4 Å². The quantitative estimate of drug-likeness (QED) is 0.463. The van der Waals surface area contributed by atoms with Gasteiger partial charge in [0.2, 0.25) is 0 Å². The SMILES string of the molecule is CC(=O)/C=C(O)/C=C\Cc1ccccc1. The van der Waals surface area contributed by atoms with Gasteiger partial charge in [-0.05, 0) is 25.0 Å². The molecule has 1 aromatic carbocycles. The predicted molar refractivity (Wildman–Crippen MR) is 60.7 cm³/mol. The molecule has 15 heavy (non-hydrogen) atoms. The van der Waals surface area contributed by atoms with Crippen LogP contribution in [0, 0.1) is 0 Å². The number of carbonyl (C=O) groups is 1. The molecule has 78 valence electrons. The average molecular weight is 202 g/mol. The molecule has 1 rings (SSSR count). The van der Waals surface area contributed by atoms with Gasteiger partial charge in [0.15, 0.2) is 5.78 Å². The van der Waals surface area contributed by atoms with Crippen LogP contribution >= 0.6 is 0 Å². The molecule has 0 aliphatic carbocycles. The lowest BCUT2D eigenvalue weighted by Gasteiger charge is -1.94. The monoisotopic (exact) mass is 202 g/mol. The smallest absolute Gasteiger partial charge is 0.156 e. The summed E-state index contributed by atoms with van der Waals surface area (Å²) in [5, 5.41) is 9.25. The number of ketones is 1. The molecule has 0 aliphatic heterocycles. The van der Waals surface area contributed by atoms with Gasteiger partial charge < -0.3 is 5.11 Å². The zero-order chi connectivity index (χ0) is 11.1. The lowest BCUT2D eigenvalue weighted by atomic mass is 10.1. The van der Waals surface area contributed by atoms with E-state index in [0.717, 1.165) is 6.42 Å². The molecule has 0 heterocycles. The van der Waals surface area contributed by atoms with E-state index in [0.29, 0.717) is 0 Å². The Labute approximate surface area is 89.6 Å². The number of benzene rings is 1. The van der Waals surface area contributed by atoms with Gasteiger partial charge in [-0.1, -0.05) is 36.4 Å². The van der Waals surface area contributed by atoms with Crippen molar-refractivity contribution in [3.63, 3.8) is 0 Å². The van der Waals surface area contributed by atoms with Crippen molar-refractivity contribution in [2.24, 2.45) is 0 Å². The summed E-state index contributed by atoms with van der Waals surface area (Å²) >= 11 is 0. The number of hydrogen-bond acceptors (Lipinski definition) is 2. The lowest BCUT2D eigenvalue weighted by molar-refractivity contribution is -0.112. The third-order valence-corrected chi connectivity index (χ3v) is 1.84. The Bertz CT molecular complexity index is 375. The van der Waals surface area contributed by atoms with E-state index >= 15 is 0 Å². The van der Waals surface area contributed by atoms with Gasteiger partial charge in [0.1, 0.15) is 5.76 Å². The van der Waals surface area contributed by atoms with Gasteiger partial charge in [0.25, 0.3) is 0 Å². The van der Waals surface area contributed by atoms with Gasteiger partial charge in [-0.3, -0.25) is 4.79 Å². The fourth-order valence-corrected chi connectivity index (χ4v) is 1.19. The van der Waals surface area contributed by atoms with Gasteiger partial charge >= 0.3 is 0 Å². The van der Waals surface area contributed by atoms with E-state index in [2.05, 4.69) is 0 Å². The summed E-state index contributed by atoms with van der Waals surface area (Å²) in [6.07, 6.45) is 5.30. The summed E-state index contributed by atoms with van der Waals surface area (Å²) in [5.74, 6) is -0.157. The second kappa shape index (κ2) is 5.81. The van der Waals surface area contributed by atoms with Crippen molar-refractivity contribution < 1.29 is 9.90 Å². The molecule has 0 aromatic heterocycles. The fourth-order valence-electron chi connectivity index (χ4n) is 1.19. The third-order valence-electron chi connectivity index (χ3n) is 1.84. The van der Waals surface area contributed by atoms with Crippen LogP contribution in [0.15, 0.2) is 54.3 Å². The maximum atomic E-state index is 10.6. The number of allylic oxidation sites excluding steroid dienone is 3. The van der Waals surface area contributed by atoms with Crippen LogP contribution in [0.1, 0.15) is 12.5 Å². The molecule has 0 atom stereocenters. The van der Waals surface area contributed by atoms with E-state index < -0.39 is 0 Å². The second-order valence-electron chi connectivity index (χ2n) is 3.27. The highest BCUT2D eigenvalue weighted by Gasteiger charge is 1.90. The van der Waals surface area contributed by atoms with Crippen molar-refractivity contribution >= 4 is 5.78 Å². The average Bonchev–Trinajstić information content (AvgIpc) is 2.18. The van der Waals surface area contributed by atoms with Crippen LogP contribution in [0.25, 0.3) is 0 Å². The summed E-state index contributed by atoms with van der Waals surface area (Å²) in [7, 11) is 0. The van der Waals surface area contributed by atoms with Crippen LogP contribution in [-0.2, 0) is 11.2 Å². The zero-order valence-corrected chi connectivity index (χ0v) is 8.68. The number of hydrogen-bond donors (Lipinski definition) is 1. The van der Waals surface area contributed by atoms with Crippen LogP contribution in [0.2, 0.25) is 0 Å². The lowest BCUT2D eigenvalue weighted by Crippen LogP contribution is -1.85. The van der Waals surface area contributed by atoms with Crippen molar-refractivity contribution in [1.29, 1.82) is 0 Å². The molecule has 0 fully saturated rings. The molecule has 2 heteroatoms. The molecular formula is C13H14O2. The minimum atomic E-state index is -0.156. The van der Waals surface area contributed by atoms with Crippen molar-refractivity contribution in [2.75, 3.05) is 0 Å². The van der Waals surface area contributed by atoms with Crippen LogP contribution in [-0.4, -0.2) is 10.9 Å². The highest BCUT2D eigenvalue weighted by Crippen LogP contribution is 2.01. The van der Waals surface area contributed by atoms with Crippen LogP contribution in [0.3, 0.4) is 0 Å². The van der Waals surface area contributed by atoms with Gasteiger partial charge in [-0.25, -0.2) is 0 Å². The van der Waals surface area contributed by atoms with E-state index in [1.165, 1.54) is 24.6 Å². The Morgan fingerprint density at radius 2 is 2.00 bits per heavy atom. The standard InChI is InChI=1S/C13H14O2/c1-11(14)10-13(15)9-5-8-12-6-3-2-4-7-12/h2-7,9-10,15H,8H2,1H3/b9-5-,13-10-. The van der Waals surface area contributed by atoms with E-state index in [1.54, 1.807) is 0 Å². The molecule has 0 aliphatic rings. The molecule has 0 bridgehead atoms. The molecule has 0 saturated carbocycles.